The van der Waals surface area contributed by atoms with Crippen LogP contribution in [0.25, 0.3) is 0 Å². The number of hydrogen-bond donors (Lipinski definition) is 0. The van der Waals surface area contributed by atoms with Crippen molar-refractivity contribution in [1.29, 1.82) is 0 Å². The third-order valence-corrected chi connectivity index (χ3v) is 16.9. The minimum atomic E-state index is -1.66. The Balaban J connectivity index is 3.23. The van der Waals surface area contributed by atoms with Crippen molar-refractivity contribution in [2.45, 2.75) is 75.1 Å². The number of aryl methyl sites for hydroxylation is 1. The minimum absolute atomic E-state index is 0.891. The van der Waals surface area contributed by atoms with Crippen LogP contribution in [0.2, 0.25) is 7.25 Å². The molecule has 0 N–H and O–H groups in total. The molecular weight excluding hydrogens is 463 g/mol. The Morgan fingerprint density at radius 3 is 2.00 bits per heavy atom. The summed E-state index contributed by atoms with van der Waals surface area (Å²) in [4.78, 5) is 2.57. The van der Waals surface area contributed by atoms with E-state index in [0.717, 1.165) is 26.9 Å². The van der Waals surface area contributed by atoms with Crippen LogP contribution in [0.4, 0.5) is 0 Å². The zero-order valence-electron chi connectivity index (χ0n) is 15.8. The van der Waals surface area contributed by atoms with Gasteiger partial charge < -0.3 is 0 Å². The van der Waals surface area contributed by atoms with Gasteiger partial charge in [0.25, 0.3) is 0 Å². The predicted octanol–water partition coefficient (Wildman–Crippen LogP) is 5.00. The van der Waals surface area contributed by atoms with E-state index in [1.807, 2.05) is 0 Å². The summed E-state index contributed by atoms with van der Waals surface area (Å²) in [6, 6.07) is 7.46. The van der Waals surface area contributed by atoms with Gasteiger partial charge in [0, 0.05) is 0 Å². The molecule has 0 fully saturated rings. The van der Waals surface area contributed by atoms with Crippen LogP contribution < -0.4 is 3.27 Å². The predicted molar refractivity (Wildman–Crippen MR) is 103 cm³/mol. The monoisotopic (exact) mass is 499 g/mol. The van der Waals surface area contributed by atoms with Gasteiger partial charge in [0.2, 0.25) is 0 Å². The van der Waals surface area contributed by atoms with Crippen LogP contribution in [0.5, 0.6) is 0 Å². The van der Waals surface area contributed by atoms with Gasteiger partial charge in [0.05, 0.1) is 0 Å². The molecule has 1 rings (SSSR count). The normalized spacial score (nSPS) is 12.1. The van der Waals surface area contributed by atoms with E-state index in [4.69, 9.17) is 0 Å². The third-order valence-electron chi connectivity index (χ3n) is 4.36. The molecule has 0 heterocycles. The fraction of sp³-hybridized carbons (Fsp3) is 0.700. The van der Waals surface area contributed by atoms with Crippen molar-refractivity contribution in [3.8, 4) is 0 Å². The fourth-order valence-electron chi connectivity index (χ4n) is 3.30. The molecule has 0 aromatic heterocycles. The second kappa shape index (κ2) is 10.0. The molecule has 0 unspecified atom stereocenters. The Morgan fingerprint density at radius 2 is 1.55 bits per heavy atom. The van der Waals surface area contributed by atoms with Crippen LogP contribution >= 0.6 is 0 Å². The molecule has 2 heteroatoms. The van der Waals surface area contributed by atoms with Gasteiger partial charge in [-0.25, -0.2) is 0 Å². The molecule has 0 bridgehead atoms. The zero-order chi connectivity index (χ0) is 16.7. The van der Waals surface area contributed by atoms with Gasteiger partial charge in [0.1, 0.15) is 0 Å². The molecule has 0 aliphatic heterocycles. The molecule has 1 aromatic carbocycles. The van der Waals surface area contributed by atoms with Crippen molar-refractivity contribution in [2.75, 3.05) is 13.1 Å². The van der Waals surface area contributed by atoms with E-state index in [1.54, 1.807) is 8.83 Å². The van der Waals surface area contributed by atoms with Crippen LogP contribution in [0.15, 0.2) is 18.2 Å². The second-order valence-electron chi connectivity index (χ2n) is 6.77. The van der Waals surface area contributed by atoms with Gasteiger partial charge in [0.15, 0.2) is 0 Å². The van der Waals surface area contributed by atoms with Crippen LogP contribution in [0.3, 0.4) is 0 Å². The maximum absolute atomic E-state index is 2.57. The van der Waals surface area contributed by atoms with Crippen molar-refractivity contribution in [3.05, 3.63) is 29.3 Å². The number of benzene rings is 1. The second-order valence-corrected chi connectivity index (χ2v) is 19.8. The average molecular weight is 499 g/mol. The first-order chi connectivity index (χ1) is 10.4. The summed E-state index contributed by atoms with van der Waals surface area (Å²) in [7, 11) is 0. The first kappa shape index (κ1) is 20.1. The molecule has 0 aliphatic carbocycles. The van der Waals surface area contributed by atoms with E-state index in [9.17, 15) is 0 Å². The van der Waals surface area contributed by atoms with Crippen LogP contribution in [0.1, 0.15) is 66.0 Å². The van der Waals surface area contributed by atoms with Gasteiger partial charge >= 0.3 is 147 Å². The molecule has 0 saturated carbocycles. The van der Waals surface area contributed by atoms with Crippen LogP contribution in [0, 0.1) is 0 Å². The Hall–Kier alpha value is 0.0631. The molecular formula is C20H36BiN. The van der Waals surface area contributed by atoms with Gasteiger partial charge in [-0.15, -0.1) is 0 Å². The molecule has 0 amide bonds. The van der Waals surface area contributed by atoms with Gasteiger partial charge in [-0.3, -0.25) is 0 Å². The average Bonchev–Trinajstić information content (AvgIpc) is 2.46. The van der Waals surface area contributed by atoms with E-state index < -0.39 is 21.8 Å². The summed E-state index contributed by atoms with van der Waals surface area (Å²) in [6.07, 6.45) is 2.46. The summed E-state index contributed by atoms with van der Waals surface area (Å²) in [5.74, 6) is 0. The molecule has 0 spiro atoms. The van der Waals surface area contributed by atoms with E-state index in [-0.39, 0.29) is 0 Å². The first-order valence-electron chi connectivity index (χ1n) is 9.06. The summed E-state index contributed by atoms with van der Waals surface area (Å²) in [5.41, 5.74) is 3.18. The fourth-order valence-corrected chi connectivity index (χ4v) is 15.0. The van der Waals surface area contributed by atoms with E-state index >= 15 is 0 Å². The summed E-state index contributed by atoms with van der Waals surface area (Å²) >= 11 is -1.66. The molecule has 0 saturated heterocycles. The Bertz CT molecular complexity index is 427. The standard InChI is InChI=1S/C14H22N.2C3H7.Bi/c1-4-8-13-9-7-10-14(11-13)12-15(5-2)6-3;2*1-3-2;/h7,9,11H,4-6,8,12H2,1-3H3;2*3H,1-2H3;. The SMILES string of the molecule is CCCc1cc[c]([Bi]([CH](C)C)[CH](C)C)c(CN(CC)CC)c1. The Labute approximate surface area is 147 Å². The van der Waals surface area contributed by atoms with Crippen molar-refractivity contribution in [2.24, 2.45) is 0 Å². The Kier molecular flexibility index (Phi) is 9.17. The molecule has 0 aliphatic rings. The maximum atomic E-state index is 2.57. The van der Waals surface area contributed by atoms with E-state index in [2.05, 4.69) is 71.6 Å². The molecule has 0 atom stereocenters. The molecule has 1 nitrogen and oxygen atoms in total. The van der Waals surface area contributed by atoms with Crippen LogP contribution in [-0.2, 0) is 13.0 Å². The molecule has 126 valence electrons. The third kappa shape index (κ3) is 5.61. The van der Waals surface area contributed by atoms with Crippen molar-refractivity contribution in [1.82, 2.24) is 4.90 Å². The molecule has 0 radical (unpaired) electrons. The summed E-state index contributed by atoms with van der Waals surface area (Å²) in [6.45, 7) is 20.1. The van der Waals surface area contributed by atoms with Crippen molar-refractivity contribution >= 4 is 25.0 Å². The summed E-state index contributed by atoms with van der Waals surface area (Å²) in [5, 5.41) is 0. The van der Waals surface area contributed by atoms with Crippen molar-refractivity contribution < 1.29 is 0 Å². The zero-order valence-corrected chi connectivity index (χ0v) is 19.3. The molecule has 22 heavy (non-hydrogen) atoms. The topological polar surface area (TPSA) is 3.24 Å². The number of hydrogen-bond acceptors (Lipinski definition) is 1. The van der Waals surface area contributed by atoms with E-state index in [1.165, 1.54) is 18.4 Å². The number of nitrogens with zero attached hydrogens (tertiary/aromatic N) is 1. The van der Waals surface area contributed by atoms with Crippen molar-refractivity contribution in [3.63, 3.8) is 0 Å². The van der Waals surface area contributed by atoms with Gasteiger partial charge in [-0.2, -0.15) is 0 Å². The van der Waals surface area contributed by atoms with Crippen LogP contribution in [-0.4, -0.2) is 39.7 Å². The molecule has 1 aromatic rings. The summed E-state index contributed by atoms with van der Waals surface area (Å²) < 4.78 is 3.57. The number of rotatable bonds is 9. The first-order valence-corrected chi connectivity index (χ1v) is 14.8. The Morgan fingerprint density at radius 1 is 0.955 bits per heavy atom. The van der Waals surface area contributed by atoms with Gasteiger partial charge in [-0.1, -0.05) is 0 Å². The van der Waals surface area contributed by atoms with E-state index in [0.29, 0.717) is 0 Å². The quantitative estimate of drug-likeness (QED) is 0.433. The van der Waals surface area contributed by atoms with Gasteiger partial charge in [-0.05, 0) is 0 Å².